The molecule has 3 aromatic carbocycles. The van der Waals surface area contributed by atoms with Gasteiger partial charge in [0.05, 0.1) is 33.0 Å². The van der Waals surface area contributed by atoms with Crippen LogP contribution < -0.4 is 4.74 Å². The fraction of sp³-hybridized carbons (Fsp3) is 0.520. The van der Waals surface area contributed by atoms with E-state index in [0.29, 0.717) is 72.5 Å². The van der Waals surface area contributed by atoms with Crippen molar-refractivity contribution in [1.29, 1.82) is 0 Å². The zero-order chi connectivity index (χ0) is 42.1. The molecular formula is C50H67FO7. The van der Waals surface area contributed by atoms with Crippen LogP contribution in [0.2, 0.25) is 0 Å². The van der Waals surface area contributed by atoms with Crippen LogP contribution in [0.1, 0.15) is 127 Å². The zero-order valence-corrected chi connectivity index (χ0v) is 35.5. The molecule has 0 unspecified atom stereocenters. The number of esters is 2. The van der Waals surface area contributed by atoms with Crippen LogP contribution in [0.4, 0.5) is 4.39 Å². The summed E-state index contributed by atoms with van der Waals surface area (Å²) in [5.74, 6) is 0.789. The van der Waals surface area contributed by atoms with E-state index in [4.69, 9.17) is 14.2 Å². The molecule has 0 bridgehead atoms. The van der Waals surface area contributed by atoms with E-state index in [2.05, 4.69) is 44.3 Å². The molecule has 4 rings (SSSR count). The molecule has 58 heavy (non-hydrogen) atoms. The molecule has 0 aliphatic heterocycles. The second kappa shape index (κ2) is 23.4. The maximum Gasteiger partial charge on any atom is 0.333 e. The van der Waals surface area contributed by atoms with E-state index in [1.54, 1.807) is 19.9 Å². The van der Waals surface area contributed by atoms with Crippen molar-refractivity contribution in [3.8, 4) is 28.0 Å². The molecule has 8 heteroatoms. The molecule has 0 amide bonds. The molecule has 0 radical (unpaired) electrons. The molecule has 1 fully saturated rings. The number of aliphatic hydroxyl groups is 2. The highest BCUT2D eigenvalue weighted by molar-refractivity contribution is 5.87. The van der Waals surface area contributed by atoms with Crippen LogP contribution in [-0.2, 0) is 31.9 Å². The second-order valence-electron chi connectivity index (χ2n) is 16.5. The summed E-state index contributed by atoms with van der Waals surface area (Å²) in [5.41, 5.74) is 5.82. The van der Waals surface area contributed by atoms with Gasteiger partial charge >= 0.3 is 11.9 Å². The molecule has 0 atom stereocenters. The van der Waals surface area contributed by atoms with Crippen molar-refractivity contribution in [2.45, 2.75) is 124 Å². The van der Waals surface area contributed by atoms with Crippen LogP contribution in [0.15, 0.2) is 78.9 Å². The van der Waals surface area contributed by atoms with E-state index in [-0.39, 0.29) is 38.9 Å². The molecule has 1 aliphatic carbocycles. The maximum absolute atomic E-state index is 16.3. The number of carbonyl (C=O) groups is 2. The van der Waals surface area contributed by atoms with Crippen LogP contribution in [0, 0.1) is 17.2 Å². The lowest BCUT2D eigenvalue weighted by Crippen LogP contribution is -2.31. The van der Waals surface area contributed by atoms with Gasteiger partial charge in [0.15, 0.2) is 0 Å². The summed E-state index contributed by atoms with van der Waals surface area (Å²) in [4.78, 5) is 24.2. The summed E-state index contributed by atoms with van der Waals surface area (Å²) in [7, 11) is 0. The molecule has 0 aromatic heterocycles. The third-order valence-electron chi connectivity index (χ3n) is 11.9. The van der Waals surface area contributed by atoms with Crippen molar-refractivity contribution < 1.29 is 38.4 Å². The quantitative estimate of drug-likeness (QED) is 0.0528. The van der Waals surface area contributed by atoms with Crippen molar-refractivity contribution in [3.05, 3.63) is 101 Å². The molecule has 1 saturated carbocycles. The maximum atomic E-state index is 16.3. The molecule has 0 saturated heterocycles. The van der Waals surface area contributed by atoms with Gasteiger partial charge in [-0.25, -0.2) is 14.0 Å². The molecule has 0 spiro atoms. The molecule has 1 aliphatic rings. The number of rotatable bonds is 24. The Morgan fingerprint density at radius 1 is 0.741 bits per heavy atom. The van der Waals surface area contributed by atoms with E-state index in [0.717, 1.165) is 28.2 Å². The lowest BCUT2D eigenvalue weighted by atomic mass is 9.77. The SMILES string of the molecule is C=C(C)C(=O)OCCCc1cc(-c2ccc(-c3ccc(C4CCC(CCCCC)CC4)cc3)cc2F)cc(CCCOC(=O)C(=C)C)c1OCCC(CC)(CO)CO. The van der Waals surface area contributed by atoms with Gasteiger partial charge in [-0.05, 0) is 141 Å². The van der Waals surface area contributed by atoms with Gasteiger partial charge in [-0.1, -0.05) is 89.1 Å². The lowest BCUT2D eigenvalue weighted by Gasteiger charge is -2.29. The first-order chi connectivity index (χ1) is 27.9. The molecular weight excluding hydrogens is 732 g/mol. The number of aryl methyl sites for hydroxylation is 2. The van der Waals surface area contributed by atoms with Crippen molar-refractivity contribution in [1.82, 2.24) is 0 Å². The zero-order valence-electron chi connectivity index (χ0n) is 35.5. The average Bonchev–Trinajstić information content (AvgIpc) is 3.23. The van der Waals surface area contributed by atoms with Gasteiger partial charge in [-0.2, -0.15) is 0 Å². The highest BCUT2D eigenvalue weighted by atomic mass is 19.1. The number of aliphatic hydroxyl groups excluding tert-OH is 2. The van der Waals surface area contributed by atoms with Crippen molar-refractivity contribution in [2.24, 2.45) is 11.3 Å². The lowest BCUT2D eigenvalue weighted by molar-refractivity contribution is -0.139. The van der Waals surface area contributed by atoms with Crippen molar-refractivity contribution >= 4 is 11.9 Å². The van der Waals surface area contributed by atoms with Gasteiger partial charge in [-0.15, -0.1) is 0 Å². The fourth-order valence-corrected chi connectivity index (χ4v) is 7.89. The largest absolute Gasteiger partial charge is 0.493 e. The van der Waals surface area contributed by atoms with Gasteiger partial charge in [0, 0.05) is 22.1 Å². The predicted molar refractivity (Wildman–Crippen MR) is 231 cm³/mol. The molecule has 316 valence electrons. The molecule has 3 aromatic rings. The summed E-state index contributed by atoms with van der Waals surface area (Å²) in [6.45, 7) is 14.9. The standard InChI is InChI=1S/C50H67FO7/c1-7-9-10-13-37-16-18-38(19-17-37)39-20-22-40(23-21-39)41-24-25-45(46(51)32-41)44-30-42(14-11-27-57-48(54)35(3)4)47(56-29-26-50(8-2,33-52)34-53)43(31-44)15-12-28-58-49(55)36(5)6/h20-25,30-32,37-38,52-53H,3,5,7-19,26-29,33-34H2,1-2,4,6H3. The Bertz CT molecular complexity index is 1740. The second-order valence-corrected chi connectivity index (χ2v) is 16.5. The number of ether oxygens (including phenoxy) is 3. The minimum atomic E-state index is -0.688. The number of unbranched alkanes of at least 4 members (excludes halogenated alkanes) is 2. The predicted octanol–water partition coefficient (Wildman–Crippen LogP) is 11.3. The van der Waals surface area contributed by atoms with Crippen LogP contribution in [0.25, 0.3) is 22.3 Å². The Morgan fingerprint density at radius 3 is 1.81 bits per heavy atom. The minimum Gasteiger partial charge on any atom is -0.493 e. The Kier molecular flexibility index (Phi) is 18.7. The normalized spacial score (nSPS) is 15.5. The van der Waals surface area contributed by atoms with Gasteiger partial charge < -0.3 is 24.4 Å². The Labute approximate surface area is 346 Å². The third-order valence-corrected chi connectivity index (χ3v) is 11.9. The first kappa shape index (κ1) is 46.4. The molecule has 7 nitrogen and oxygen atoms in total. The Hall–Kier alpha value is -4.27. The Morgan fingerprint density at radius 2 is 1.31 bits per heavy atom. The highest BCUT2D eigenvalue weighted by Crippen LogP contribution is 2.39. The van der Waals surface area contributed by atoms with Gasteiger partial charge in [-0.3, -0.25) is 0 Å². The number of benzene rings is 3. The average molecular weight is 799 g/mol. The summed E-state index contributed by atoms with van der Waals surface area (Å²) >= 11 is 0. The van der Waals surface area contributed by atoms with Crippen LogP contribution in [0.5, 0.6) is 5.75 Å². The van der Waals surface area contributed by atoms with Crippen LogP contribution in [-0.4, -0.2) is 55.2 Å². The van der Waals surface area contributed by atoms with E-state index in [1.807, 2.05) is 31.2 Å². The summed E-state index contributed by atoms with van der Waals surface area (Å²) in [5, 5.41) is 20.1. The topological polar surface area (TPSA) is 102 Å². The van der Waals surface area contributed by atoms with Crippen LogP contribution in [0.3, 0.4) is 0 Å². The number of halogens is 1. The van der Waals surface area contributed by atoms with E-state index in [9.17, 15) is 19.8 Å². The molecule has 2 N–H and O–H groups in total. The summed E-state index contributed by atoms with van der Waals surface area (Å²) < 4.78 is 33.5. The first-order valence-electron chi connectivity index (χ1n) is 21.5. The van der Waals surface area contributed by atoms with E-state index in [1.165, 1.54) is 56.9 Å². The number of hydrogen-bond acceptors (Lipinski definition) is 7. The van der Waals surface area contributed by atoms with Gasteiger partial charge in [0.25, 0.3) is 0 Å². The minimum absolute atomic E-state index is 0.164. The monoisotopic (exact) mass is 798 g/mol. The number of hydrogen-bond donors (Lipinski definition) is 2. The third kappa shape index (κ3) is 13.4. The van der Waals surface area contributed by atoms with E-state index >= 15 is 4.39 Å². The van der Waals surface area contributed by atoms with Gasteiger partial charge in [0.1, 0.15) is 11.6 Å². The first-order valence-corrected chi connectivity index (χ1v) is 21.5. The van der Waals surface area contributed by atoms with Crippen molar-refractivity contribution in [3.63, 3.8) is 0 Å². The van der Waals surface area contributed by atoms with Crippen molar-refractivity contribution in [2.75, 3.05) is 33.0 Å². The smallest absolute Gasteiger partial charge is 0.333 e. The fourth-order valence-electron chi connectivity index (χ4n) is 7.89. The summed E-state index contributed by atoms with van der Waals surface area (Å²) in [6, 6.07) is 17.9. The Balaban J connectivity index is 1.61. The van der Waals surface area contributed by atoms with Crippen LogP contribution >= 0.6 is 0 Å². The summed E-state index contributed by atoms with van der Waals surface area (Å²) in [6.07, 6.45) is 13.3. The molecule has 0 heterocycles. The van der Waals surface area contributed by atoms with Gasteiger partial charge in [0.2, 0.25) is 0 Å². The van der Waals surface area contributed by atoms with E-state index < -0.39 is 17.4 Å². The highest BCUT2D eigenvalue weighted by Gasteiger charge is 2.27. The number of carbonyl (C=O) groups excluding carboxylic acids is 2.